The highest BCUT2D eigenvalue weighted by molar-refractivity contribution is 5.91. The number of benzene rings is 1. The van der Waals surface area contributed by atoms with E-state index in [4.69, 9.17) is 4.74 Å². The molecule has 0 aromatic heterocycles. The Morgan fingerprint density at radius 3 is 2.42 bits per heavy atom. The highest BCUT2D eigenvalue weighted by atomic mass is 19.4. The zero-order valence-electron chi connectivity index (χ0n) is 13.5. The second-order valence-corrected chi connectivity index (χ2v) is 5.07. The Morgan fingerprint density at radius 1 is 1.21 bits per heavy atom. The molecular weight excluding hydrogens is 329 g/mol. The Kier molecular flexibility index (Phi) is 7.02. The van der Waals surface area contributed by atoms with E-state index in [9.17, 15) is 22.8 Å². The van der Waals surface area contributed by atoms with Gasteiger partial charge in [-0.25, -0.2) is 4.79 Å². The van der Waals surface area contributed by atoms with Crippen molar-refractivity contribution in [2.45, 2.75) is 19.1 Å². The molecule has 0 saturated heterocycles. The van der Waals surface area contributed by atoms with E-state index in [1.165, 1.54) is 13.2 Å². The molecule has 1 atom stereocenters. The van der Waals surface area contributed by atoms with Crippen LogP contribution in [0.15, 0.2) is 18.2 Å². The van der Waals surface area contributed by atoms with E-state index < -0.39 is 23.6 Å². The fourth-order valence-corrected chi connectivity index (χ4v) is 1.93. The van der Waals surface area contributed by atoms with Crippen LogP contribution in [-0.4, -0.2) is 45.3 Å². The molecule has 0 spiro atoms. The number of anilines is 1. The predicted octanol–water partition coefficient (Wildman–Crippen LogP) is 2.05. The number of amides is 1. The topological polar surface area (TPSA) is 76.7 Å². The number of halogens is 3. The third-order valence-corrected chi connectivity index (χ3v) is 2.96. The van der Waals surface area contributed by atoms with Crippen LogP contribution >= 0.6 is 0 Å². The van der Waals surface area contributed by atoms with Gasteiger partial charge in [0.15, 0.2) is 0 Å². The number of rotatable bonds is 7. The minimum absolute atomic E-state index is 0.0141. The summed E-state index contributed by atoms with van der Waals surface area (Å²) < 4.78 is 48.0. The molecule has 9 heteroatoms. The van der Waals surface area contributed by atoms with Gasteiger partial charge in [0.1, 0.15) is 0 Å². The maximum atomic E-state index is 12.9. The molecule has 0 radical (unpaired) electrons. The maximum absolute atomic E-state index is 12.9. The van der Waals surface area contributed by atoms with Crippen LogP contribution in [0, 0.1) is 0 Å². The molecule has 6 nitrogen and oxygen atoms in total. The molecule has 0 heterocycles. The summed E-state index contributed by atoms with van der Waals surface area (Å²) in [5.41, 5.74) is -1.29. The maximum Gasteiger partial charge on any atom is 0.416 e. The van der Waals surface area contributed by atoms with Gasteiger partial charge in [-0.2, -0.15) is 13.2 Å². The number of carbonyl (C=O) groups is 2. The van der Waals surface area contributed by atoms with Gasteiger partial charge in [-0.05, 0) is 25.1 Å². The lowest BCUT2D eigenvalue weighted by Crippen LogP contribution is -2.39. The fraction of sp³-hybridized carbons (Fsp3) is 0.467. The zero-order chi connectivity index (χ0) is 18.3. The average molecular weight is 348 g/mol. The van der Waals surface area contributed by atoms with Crippen molar-refractivity contribution in [3.05, 3.63) is 29.3 Å². The Hall–Kier alpha value is -2.29. The second-order valence-electron chi connectivity index (χ2n) is 5.07. The van der Waals surface area contributed by atoms with Crippen molar-refractivity contribution in [1.82, 2.24) is 5.32 Å². The van der Waals surface area contributed by atoms with E-state index in [1.54, 1.807) is 6.92 Å². The van der Waals surface area contributed by atoms with Crippen molar-refractivity contribution in [1.29, 1.82) is 0 Å². The molecule has 2 N–H and O–H groups in total. The monoisotopic (exact) mass is 348 g/mol. The first kappa shape index (κ1) is 19.8. The van der Waals surface area contributed by atoms with Crippen molar-refractivity contribution >= 4 is 17.6 Å². The van der Waals surface area contributed by atoms with Crippen LogP contribution in [0.3, 0.4) is 0 Å². The lowest BCUT2D eigenvalue weighted by atomic mass is 10.1. The molecule has 0 aliphatic carbocycles. The fourth-order valence-electron chi connectivity index (χ4n) is 1.93. The van der Waals surface area contributed by atoms with Crippen molar-refractivity contribution in [3.63, 3.8) is 0 Å². The molecule has 1 aromatic carbocycles. The van der Waals surface area contributed by atoms with Crippen LogP contribution in [0.1, 0.15) is 22.8 Å². The van der Waals surface area contributed by atoms with Gasteiger partial charge in [0.25, 0.3) is 0 Å². The summed E-state index contributed by atoms with van der Waals surface area (Å²) in [7, 11) is 2.55. The van der Waals surface area contributed by atoms with Crippen LogP contribution in [0.2, 0.25) is 0 Å². The Balaban J connectivity index is 2.87. The van der Waals surface area contributed by atoms with E-state index in [0.717, 1.165) is 13.2 Å². The number of esters is 1. The van der Waals surface area contributed by atoms with Gasteiger partial charge in [-0.3, -0.25) is 4.79 Å². The molecule has 134 valence electrons. The van der Waals surface area contributed by atoms with E-state index >= 15 is 0 Å². The van der Waals surface area contributed by atoms with E-state index in [-0.39, 0.29) is 23.8 Å². The number of hydrogen-bond acceptors (Lipinski definition) is 5. The molecular formula is C15H19F3N2O4. The third-order valence-electron chi connectivity index (χ3n) is 2.96. The average Bonchev–Trinajstić information content (AvgIpc) is 2.51. The minimum atomic E-state index is -4.63. The lowest BCUT2D eigenvalue weighted by molar-refractivity contribution is -0.137. The quantitative estimate of drug-likeness (QED) is 0.738. The van der Waals surface area contributed by atoms with Gasteiger partial charge < -0.3 is 20.1 Å². The number of carbonyl (C=O) groups excluding carboxylic acids is 2. The number of nitrogens with one attached hydrogen (secondary N) is 2. The number of ether oxygens (including phenoxy) is 2. The van der Waals surface area contributed by atoms with Crippen LogP contribution in [0.4, 0.5) is 18.9 Å². The summed E-state index contributed by atoms with van der Waals surface area (Å²) in [5.74, 6) is -1.32. The zero-order valence-corrected chi connectivity index (χ0v) is 13.5. The molecule has 1 amide bonds. The SMILES string of the molecule is COC[C@@H](C)NC(=O)CNc1cc(C(=O)OC)cc(C(F)(F)F)c1. The first-order valence-corrected chi connectivity index (χ1v) is 7.00. The van der Waals surface area contributed by atoms with Crippen LogP contribution < -0.4 is 10.6 Å². The number of hydrogen-bond donors (Lipinski definition) is 2. The van der Waals surface area contributed by atoms with Gasteiger partial charge >= 0.3 is 12.1 Å². The largest absolute Gasteiger partial charge is 0.465 e. The van der Waals surface area contributed by atoms with E-state index in [1.807, 2.05) is 0 Å². The van der Waals surface area contributed by atoms with Crippen molar-refractivity contribution in [2.75, 3.05) is 32.7 Å². The summed E-state index contributed by atoms with van der Waals surface area (Å²) in [6.45, 7) is 1.78. The molecule has 1 aromatic rings. The molecule has 0 saturated carbocycles. The third kappa shape index (κ3) is 6.07. The summed E-state index contributed by atoms with van der Waals surface area (Å²) >= 11 is 0. The standard InChI is InChI=1S/C15H19F3N2O4/c1-9(8-23-2)20-13(21)7-19-12-5-10(14(22)24-3)4-11(6-12)15(16,17)18/h4-6,9,19H,7-8H2,1-3H3,(H,20,21)/t9-/m1/s1. The van der Waals surface area contributed by atoms with Gasteiger partial charge in [-0.15, -0.1) is 0 Å². The van der Waals surface area contributed by atoms with Crippen LogP contribution in [-0.2, 0) is 20.4 Å². The van der Waals surface area contributed by atoms with Gasteiger partial charge in [0.2, 0.25) is 5.91 Å². The van der Waals surface area contributed by atoms with E-state index in [2.05, 4.69) is 15.4 Å². The lowest BCUT2D eigenvalue weighted by Gasteiger charge is -2.15. The minimum Gasteiger partial charge on any atom is -0.465 e. The summed E-state index contributed by atoms with van der Waals surface area (Å²) in [6, 6.07) is 2.46. The predicted molar refractivity (Wildman–Crippen MR) is 80.8 cm³/mol. The highest BCUT2D eigenvalue weighted by Crippen LogP contribution is 2.32. The van der Waals surface area contributed by atoms with Crippen LogP contribution in [0.5, 0.6) is 0 Å². The Labute approximate surface area is 137 Å². The Bertz CT molecular complexity index is 591. The Morgan fingerprint density at radius 2 is 1.88 bits per heavy atom. The first-order chi connectivity index (χ1) is 11.2. The molecule has 0 aliphatic heterocycles. The smallest absolute Gasteiger partial charge is 0.416 e. The van der Waals surface area contributed by atoms with E-state index in [0.29, 0.717) is 12.7 Å². The summed E-state index contributed by atoms with van der Waals surface area (Å²) in [4.78, 5) is 23.2. The van der Waals surface area contributed by atoms with Crippen molar-refractivity contribution in [2.24, 2.45) is 0 Å². The number of methoxy groups -OCH3 is 2. The van der Waals surface area contributed by atoms with Crippen LogP contribution in [0.25, 0.3) is 0 Å². The summed E-state index contributed by atoms with van der Waals surface area (Å²) in [6.07, 6.45) is -4.63. The van der Waals surface area contributed by atoms with Gasteiger partial charge in [0.05, 0.1) is 31.4 Å². The summed E-state index contributed by atoms with van der Waals surface area (Å²) in [5, 5.41) is 5.17. The number of alkyl halides is 3. The van der Waals surface area contributed by atoms with Gasteiger partial charge in [-0.1, -0.05) is 0 Å². The highest BCUT2D eigenvalue weighted by Gasteiger charge is 2.32. The molecule has 24 heavy (non-hydrogen) atoms. The van der Waals surface area contributed by atoms with Gasteiger partial charge in [0, 0.05) is 18.8 Å². The van der Waals surface area contributed by atoms with Crippen molar-refractivity contribution < 1.29 is 32.2 Å². The molecule has 0 unspecified atom stereocenters. The first-order valence-electron chi connectivity index (χ1n) is 7.00. The van der Waals surface area contributed by atoms with Crippen molar-refractivity contribution in [3.8, 4) is 0 Å². The normalized spacial score (nSPS) is 12.4. The second kappa shape index (κ2) is 8.53. The molecule has 1 rings (SSSR count). The molecule has 0 bridgehead atoms. The molecule has 0 aliphatic rings. The molecule has 0 fully saturated rings.